The van der Waals surface area contributed by atoms with Gasteiger partial charge in [-0.05, 0) is 31.4 Å². The average molecular weight is 326 g/mol. The summed E-state index contributed by atoms with van der Waals surface area (Å²) in [5, 5.41) is 3.15. The van der Waals surface area contributed by atoms with Crippen LogP contribution in [-0.4, -0.2) is 40.7 Å². The summed E-state index contributed by atoms with van der Waals surface area (Å²) < 4.78 is 10.6. The van der Waals surface area contributed by atoms with E-state index < -0.39 is 0 Å². The van der Waals surface area contributed by atoms with Gasteiger partial charge in [-0.15, -0.1) is 0 Å². The summed E-state index contributed by atoms with van der Waals surface area (Å²) in [4.78, 5) is 22.8. The van der Waals surface area contributed by atoms with E-state index in [1.165, 1.54) is 12.6 Å². The van der Waals surface area contributed by atoms with Gasteiger partial charge >= 0.3 is 0 Å². The number of rotatable bonds is 3. The fraction of sp³-hybridized carbons (Fsp3) is 0.353. The molecule has 2 aliphatic heterocycles. The number of fused-ring (bicyclic) bond motifs is 1. The molecular weight excluding hydrogens is 308 g/mol. The normalized spacial score (nSPS) is 16.1. The molecule has 4 rings (SSSR count). The molecule has 0 spiro atoms. The Morgan fingerprint density at radius 2 is 1.88 bits per heavy atom. The summed E-state index contributed by atoms with van der Waals surface area (Å²) in [5.74, 6) is 1.96. The number of carbonyl (C=O) groups excluding carboxylic acids is 1. The van der Waals surface area contributed by atoms with E-state index in [9.17, 15) is 4.79 Å². The van der Waals surface area contributed by atoms with Crippen molar-refractivity contribution >= 4 is 17.4 Å². The maximum absolute atomic E-state index is 12.4. The molecule has 1 fully saturated rings. The number of hydrogen-bond donors (Lipinski definition) is 1. The molecule has 0 radical (unpaired) electrons. The number of likely N-dealkylation sites (tertiary alicyclic amines) is 1. The van der Waals surface area contributed by atoms with Gasteiger partial charge < -0.3 is 19.7 Å². The molecule has 7 nitrogen and oxygen atoms in total. The molecule has 124 valence electrons. The van der Waals surface area contributed by atoms with E-state index in [1.54, 1.807) is 6.20 Å². The summed E-state index contributed by atoms with van der Waals surface area (Å²) in [6.07, 6.45) is 6.40. The quantitative estimate of drug-likeness (QED) is 0.934. The molecule has 3 heterocycles. The molecule has 2 aliphatic rings. The van der Waals surface area contributed by atoms with Crippen LogP contribution in [0.2, 0.25) is 0 Å². The fourth-order valence-corrected chi connectivity index (χ4v) is 2.88. The monoisotopic (exact) mass is 326 g/mol. The SMILES string of the molecule is O=C(c1cnc(Nc2ccc3c(c2)OCO3)cn1)N1CCCCC1. The van der Waals surface area contributed by atoms with Crippen LogP contribution in [0.1, 0.15) is 29.8 Å². The topological polar surface area (TPSA) is 76.6 Å². The van der Waals surface area contributed by atoms with Crippen LogP contribution in [0, 0.1) is 0 Å². The van der Waals surface area contributed by atoms with E-state index in [-0.39, 0.29) is 12.7 Å². The highest BCUT2D eigenvalue weighted by Gasteiger charge is 2.19. The zero-order valence-electron chi connectivity index (χ0n) is 13.2. The Labute approximate surface area is 139 Å². The van der Waals surface area contributed by atoms with Crippen LogP contribution in [-0.2, 0) is 0 Å². The number of benzene rings is 1. The first-order valence-corrected chi connectivity index (χ1v) is 8.07. The summed E-state index contributed by atoms with van der Waals surface area (Å²) >= 11 is 0. The number of nitrogens with one attached hydrogen (secondary N) is 1. The van der Waals surface area contributed by atoms with E-state index in [4.69, 9.17) is 9.47 Å². The third-order valence-corrected chi connectivity index (χ3v) is 4.16. The molecule has 1 aromatic carbocycles. The molecule has 1 amide bonds. The van der Waals surface area contributed by atoms with Crippen LogP contribution in [0.25, 0.3) is 0 Å². The van der Waals surface area contributed by atoms with E-state index in [1.807, 2.05) is 23.1 Å². The van der Waals surface area contributed by atoms with Gasteiger partial charge in [0.25, 0.3) is 5.91 Å². The zero-order chi connectivity index (χ0) is 16.4. The van der Waals surface area contributed by atoms with E-state index in [0.29, 0.717) is 17.3 Å². The molecule has 0 bridgehead atoms. The van der Waals surface area contributed by atoms with Crippen molar-refractivity contribution in [3.05, 3.63) is 36.3 Å². The first-order chi connectivity index (χ1) is 11.8. The second kappa shape index (κ2) is 6.35. The van der Waals surface area contributed by atoms with Crippen molar-refractivity contribution in [2.75, 3.05) is 25.2 Å². The van der Waals surface area contributed by atoms with Gasteiger partial charge in [0.05, 0.1) is 12.4 Å². The first-order valence-electron chi connectivity index (χ1n) is 8.07. The number of aromatic nitrogens is 2. The maximum Gasteiger partial charge on any atom is 0.274 e. The molecule has 1 aromatic heterocycles. The van der Waals surface area contributed by atoms with Crippen molar-refractivity contribution in [2.24, 2.45) is 0 Å². The Kier molecular flexibility index (Phi) is 3.90. The third kappa shape index (κ3) is 2.97. The van der Waals surface area contributed by atoms with Crippen molar-refractivity contribution in [1.82, 2.24) is 14.9 Å². The smallest absolute Gasteiger partial charge is 0.274 e. The predicted molar refractivity (Wildman–Crippen MR) is 87.6 cm³/mol. The van der Waals surface area contributed by atoms with Crippen LogP contribution in [0.5, 0.6) is 11.5 Å². The zero-order valence-corrected chi connectivity index (χ0v) is 13.2. The van der Waals surface area contributed by atoms with Gasteiger partial charge in [0, 0.05) is 24.8 Å². The lowest BCUT2D eigenvalue weighted by molar-refractivity contribution is 0.0718. The van der Waals surface area contributed by atoms with Crippen LogP contribution >= 0.6 is 0 Å². The molecular formula is C17H18N4O3. The van der Waals surface area contributed by atoms with Crippen LogP contribution < -0.4 is 14.8 Å². The van der Waals surface area contributed by atoms with Gasteiger partial charge in [0.1, 0.15) is 11.5 Å². The van der Waals surface area contributed by atoms with Gasteiger partial charge in [-0.2, -0.15) is 0 Å². The van der Waals surface area contributed by atoms with E-state index in [2.05, 4.69) is 15.3 Å². The highest BCUT2D eigenvalue weighted by molar-refractivity contribution is 5.92. The number of hydrogen-bond acceptors (Lipinski definition) is 6. The minimum atomic E-state index is -0.0446. The van der Waals surface area contributed by atoms with Gasteiger partial charge in [0.15, 0.2) is 11.5 Å². The first kappa shape index (κ1) is 14.7. The molecule has 0 atom stereocenters. The highest BCUT2D eigenvalue weighted by Crippen LogP contribution is 2.34. The average Bonchev–Trinajstić information content (AvgIpc) is 3.10. The number of piperidine rings is 1. The summed E-state index contributed by atoms with van der Waals surface area (Å²) in [6.45, 7) is 1.85. The largest absolute Gasteiger partial charge is 0.454 e. The number of anilines is 2. The number of ether oxygens (including phenoxy) is 2. The van der Waals surface area contributed by atoms with Crippen LogP contribution in [0.3, 0.4) is 0 Å². The molecule has 0 unspecified atom stereocenters. The second-order valence-corrected chi connectivity index (χ2v) is 5.83. The minimum Gasteiger partial charge on any atom is -0.454 e. The molecule has 0 aliphatic carbocycles. The number of amides is 1. The molecule has 2 aromatic rings. The number of nitrogens with zero attached hydrogens (tertiary/aromatic N) is 3. The van der Waals surface area contributed by atoms with Crippen LogP contribution in [0.15, 0.2) is 30.6 Å². The van der Waals surface area contributed by atoms with Crippen molar-refractivity contribution in [2.45, 2.75) is 19.3 Å². The second-order valence-electron chi connectivity index (χ2n) is 5.83. The Hall–Kier alpha value is -2.83. The van der Waals surface area contributed by atoms with Gasteiger partial charge in [-0.1, -0.05) is 0 Å². The van der Waals surface area contributed by atoms with Crippen LogP contribution in [0.4, 0.5) is 11.5 Å². The lowest BCUT2D eigenvalue weighted by Crippen LogP contribution is -2.36. The highest BCUT2D eigenvalue weighted by atomic mass is 16.7. The van der Waals surface area contributed by atoms with Crippen molar-refractivity contribution in [3.8, 4) is 11.5 Å². The van der Waals surface area contributed by atoms with Crippen molar-refractivity contribution < 1.29 is 14.3 Å². The maximum atomic E-state index is 12.4. The third-order valence-electron chi connectivity index (χ3n) is 4.16. The standard InChI is InChI=1S/C17H18N4O3/c22-17(21-6-2-1-3-7-21)13-9-19-16(10-18-13)20-12-4-5-14-15(8-12)24-11-23-14/h4-5,8-10H,1-3,6-7,11H2,(H,19,20). The Morgan fingerprint density at radius 1 is 1.04 bits per heavy atom. The number of carbonyl (C=O) groups is 1. The molecule has 24 heavy (non-hydrogen) atoms. The molecule has 7 heteroatoms. The fourth-order valence-electron chi connectivity index (χ4n) is 2.88. The van der Waals surface area contributed by atoms with Crippen molar-refractivity contribution in [1.29, 1.82) is 0 Å². The molecule has 1 N–H and O–H groups in total. The molecule has 1 saturated heterocycles. The lowest BCUT2D eigenvalue weighted by Gasteiger charge is -2.26. The summed E-state index contributed by atoms with van der Waals surface area (Å²) in [7, 11) is 0. The minimum absolute atomic E-state index is 0.0446. The molecule has 0 saturated carbocycles. The predicted octanol–water partition coefficient (Wildman–Crippen LogP) is 2.58. The Bertz CT molecular complexity index is 742. The van der Waals surface area contributed by atoms with Gasteiger partial charge in [-0.25, -0.2) is 9.97 Å². The van der Waals surface area contributed by atoms with Gasteiger partial charge in [-0.3, -0.25) is 4.79 Å². The summed E-state index contributed by atoms with van der Waals surface area (Å²) in [5.41, 5.74) is 1.21. The Morgan fingerprint density at radius 3 is 2.67 bits per heavy atom. The van der Waals surface area contributed by atoms with Gasteiger partial charge in [0.2, 0.25) is 6.79 Å². The summed E-state index contributed by atoms with van der Waals surface area (Å²) in [6, 6.07) is 5.56. The van der Waals surface area contributed by atoms with E-state index >= 15 is 0 Å². The van der Waals surface area contributed by atoms with E-state index in [0.717, 1.165) is 37.4 Å². The van der Waals surface area contributed by atoms with Crippen molar-refractivity contribution in [3.63, 3.8) is 0 Å². The lowest BCUT2D eigenvalue weighted by atomic mass is 10.1. The Balaban J connectivity index is 1.44.